The Morgan fingerprint density at radius 1 is 0.857 bits per heavy atom. The third-order valence-electron chi connectivity index (χ3n) is 5.84. The predicted molar refractivity (Wildman–Crippen MR) is 127 cm³/mol. The van der Waals surface area contributed by atoms with Crippen LogP contribution in [0.5, 0.6) is 5.75 Å². The van der Waals surface area contributed by atoms with Crippen molar-refractivity contribution in [2.45, 2.75) is 6.10 Å². The van der Waals surface area contributed by atoms with Crippen molar-refractivity contribution >= 4 is 12.0 Å². The highest BCUT2D eigenvalue weighted by atomic mass is 19.2. The summed E-state index contributed by atoms with van der Waals surface area (Å²) in [5, 5.41) is 0. The fraction of sp³-hybridized carbons (Fsp3) is 0.0690. The van der Waals surface area contributed by atoms with Gasteiger partial charge in [-0.2, -0.15) is 0 Å². The molecule has 1 fully saturated rings. The Morgan fingerprint density at radius 2 is 1.51 bits per heavy atom. The summed E-state index contributed by atoms with van der Waals surface area (Å²) in [6, 6.07) is 20.5. The van der Waals surface area contributed by atoms with E-state index in [1.54, 1.807) is 54.6 Å². The zero-order valence-electron chi connectivity index (χ0n) is 18.4. The monoisotopic (exact) mass is 472 g/mol. The molecule has 0 aliphatic carbocycles. The standard InChI is InChI=1S/C29H19F3O3/c1-2-17-3-5-19(6-4-17)22-13-14-24(28(32)27(22)31)29(33)35-21-10-7-18(8-11-21)20-9-12-23(25(30)15-20)26-16-34-26/h2-15,26H,1,16H2. The molecule has 1 saturated heterocycles. The maximum Gasteiger partial charge on any atom is 0.346 e. The first-order valence-electron chi connectivity index (χ1n) is 10.9. The average molecular weight is 472 g/mol. The molecule has 3 nitrogen and oxygen atoms in total. The molecule has 0 spiro atoms. The van der Waals surface area contributed by atoms with Crippen molar-refractivity contribution in [1.82, 2.24) is 0 Å². The smallest absolute Gasteiger partial charge is 0.346 e. The van der Waals surface area contributed by atoms with Crippen LogP contribution in [0, 0.1) is 17.5 Å². The summed E-state index contributed by atoms with van der Waals surface area (Å²) in [4.78, 5) is 12.5. The van der Waals surface area contributed by atoms with Crippen molar-refractivity contribution in [3.8, 4) is 28.0 Å². The van der Waals surface area contributed by atoms with E-state index in [2.05, 4.69) is 6.58 Å². The minimum absolute atomic E-state index is 0.0329. The zero-order valence-corrected chi connectivity index (χ0v) is 18.4. The maximum atomic E-state index is 14.7. The van der Waals surface area contributed by atoms with E-state index >= 15 is 0 Å². The first kappa shape index (κ1) is 22.6. The molecule has 0 bridgehead atoms. The van der Waals surface area contributed by atoms with Gasteiger partial charge in [0.25, 0.3) is 0 Å². The van der Waals surface area contributed by atoms with Gasteiger partial charge in [0.05, 0.1) is 12.2 Å². The van der Waals surface area contributed by atoms with Gasteiger partial charge in [0.15, 0.2) is 11.6 Å². The Balaban J connectivity index is 1.32. The molecule has 174 valence electrons. The van der Waals surface area contributed by atoms with E-state index in [0.29, 0.717) is 28.9 Å². The van der Waals surface area contributed by atoms with Gasteiger partial charge in [-0.3, -0.25) is 0 Å². The van der Waals surface area contributed by atoms with Crippen molar-refractivity contribution in [3.05, 3.63) is 120 Å². The molecular formula is C29H19F3O3. The van der Waals surface area contributed by atoms with Gasteiger partial charge in [0, 0.05) is 11.1 Å². The van der Waals surface area contributed by atoms with Gasteiger partial charge in [-0.25, -0.2) is 18.0 Å². The number of esters is 1. The third-order valence-corrected chi connectivity index (χ3v) is 5.84. The lowest BCUT2D eigenvalue weighted by Crippen LogP contribution is -2.12. The molecule has 5 rings (SSSR count). The predicted octanol–water partition coefficient (Wildman–Crippen LogP) is 7.37. The second kappa shape index (κ2) is 9.24. The second-order valence-corrected chi connectivity index (χ2v) is 8.09. The van der Waals surface area contributed by atoms with E-state index in [1.165, 1.54) is 30.3 Å². The van der Waals surface area contributed by atoms with Crippen molar-refractivity contribution in [2.75, 3.05) is 6.61 Å². The topological polar surface area (TPSA) is 38.8 Å². The number of ether oxygens (including phenoxy) is 2. The SMILES string of the molecule is C=Cc1ccc(-c2ccc(C(=O)Oc3ccc(-c4ccc(C5CO5)c(F)c4)cc3)c(F)c2F)cc1. The van der Waals surface area contributed by atoms with Crippen molar-refractivity contribution in [3.63, 3.8) is 0 Å². The summed E-state index contributed by atoms with van der Waals surface area (Å²) in [6.07, 6.45) is 1.47. The van der Waals surface area contributed by atoms with E-state index in [0.717, 1.165) is 5.56 Å². The van der Waals surface area contributed by atoms with Crippen LogP contribution in [-0.2, 0) is 4.74 Å². The Hall–Kier alpha value is -4.16. The summed E-state index contributed by atoms with van der Waals surface area (Å²) in [7, 11) is 0. The highest BCUT2D eigenvalue weighted by molar-refractivity contribution is 5.92. The average Bonchev–Trinajstić information content (AvgIpc) is 3.71. The van der Waals surface area contributed by atoms with E-state index in [1.807, 2.05) is 0 Å². The Bertz CT molecular complexity index is 1420. The van der Waals surface area contributed by atoms with Gasteiger partial charge in [-0.1, -0.05) is 67.3 Å². The van der Waals surface area contributed by atoms with Crippen LogP contribution in [0.3, 0.4) is 0 Å². The fourth-order valence-electron chi connectivity index (χ4n) is 3.80. The molecule has 1 heterocycles. The molecular weight excluding hydrogens is 453 g/mol. The molecule has 4 aromatic rings. The van der Waals surface area contributed by atoms with Crippen LogP contribution in [-0.4, -0.2) is 12.6 Å². The van der Waals surface area contributed by atoms with Crippen LogP contribution >= 0.6 is 0 Å². The number of hydrogen-bond acceptors (Lipinski definition) is 3. The van der Waals surface area contributed by atoms with Crippen molar-refractivity contribution in [1.29, 1.82) is 0 Å². The van der Waals surface area contributed by atoms with Crippen LogP contribution in [0.1, 0.15) is 27.6 Å². The summed E-state index contributed by atoms with van der Waals surface area (Å²) in [5.74, 6) is -3.65. The molecule has 0 radical (unpaired) electrons. The summed E-state index contributed by atoms with van der Waals surface area (Å²) in [5.41, 5.74) is 2.70. The summed E-state index contributed by atoms with van der Waals surface area (Å²) >= 11 is 0. The lowest BCUT2D eigenvalue weighted by Gasteiger charge is -2.10. The van der Waals surface area contributed by atoms with Gasteiger partial charge < -0.3 is 9.47 Å². The molecule has 1 unspecified atom stereocenters. The molecule has 0 N–H and O–H groups in total. The van der Waals surface area contributed by atoms with E-state index in [9.17, 15) is 18.0 Å². The van der Waals surface area contributed by atoms with Gasteiger partial charge >= 0.3 is 5.97 Å². The van der Waals surface area contributed by atoms with Crippen LogP contribution in [0.2, 0.25) is 0 Å². The number of halogens is 3. The Labute approximate surface area is 200 Å². The molecule has 1 atom stereocenters. The largest absolute Gasteiger partial charge is 0.423 e. The van der Waals surface area contributed by atoms with Crippen LogP contribution in [0.4, 0.5) is 13.2 Å². The minimum Gasteiger partial charge on any atom is -0.423 e. The zero-order chi connectivity index (χ0) is 24.5. The number of rotatable bonds is 6. The lowest BCUT2D eigenvalue weighted by molar-refractivity contribution is 0.0728. The first-order chi connectivity index (χ1) is 16.9. The molecule has 6 heteroatoms. The number of epoxide rings is 1. The lowest BCUT2D eigenvalue weighted by atomic mass is 10.0. The third kappa shape index (κ3) is 4.61. The molecule has 1 aliphatic heterocycles. The number of carbonyl (C=O) groups is 1. The first-order valence-corrected chi connectivity index (χ1v) is 10.9. The maximum absolute atomic E-state index is 14.7. The molecule has 4 aromatic carbocycles. The van der Waals surface area contributed by atoms with Gasteiger partial charge in [-0.05, 0) is 46.5 Å². The summed E-state index contributed by atoms with van der Waals surface area (Å²) in [6.45, 7) is 4.18. The highest BCUT2D eigenvalue weighted by Crippen LogP contribution is 2.34. The van der Waals surface area contributed by atoms with E-state index in [4.69, 9.17) is 9.47 Å². The molecule has 0 amide bonds. The molecule has 0 saturated carbocycles. The van der Waals surface area contributed by atoms with Crippen LogP contribution < -0.4 is 4.74 Å². The number of hydrogen-bond donors (Lipinski definition) is 0. The minimum atomic E-state index is -1.29. The molecule has 35 heavy (non-hydrogen) atoms. The normalized spacial score (nSPS) is 14.4. The van der Waals surface area contributed by atoms with E-state index < -0.39 is 23.2 Å². The van der Waals surface area contributed by atoms with Crippen molar-refractivity contribution in [2.24, 2.45) is 0 Å². The molecule has 0 aromatic heterocycles. The van der Waals surface area contributed by atoms with Crippen LogP contribution in [0.15, 0.2) is 85.4 Å². The fourth-order valence-corrected chi connectivity index (χ4v) is 3.80. The van der Waals surface area contributed by atoms with Gasteiger partial charge in [-0.15, -0.1) is 0 Å². The van der Waals surface area contributed by atoms with Gasteiger partial charge in [0.1, 0.15) is 17.7 Å². The quantitative estimate of drug-likeness (QED) is 0.167. The highest BCUT2D eigenvalue weighted by Gasteiger charge is 2.28. The molecule has 1 aliphatic rings. The van der Waals surface area contributed by atoms with E-state index in [-0.39, 0.29) is 23.2 Å². The second-order valence-electron chi connectivity index (χ2n) is 8.09. The summed E-state index contributed by atoms with van der Waals surface area (Å²) < 4.78 is 54.1. The number of carbonyl (C=O) groups excluding carboxylic acids is 1. The number of benzene rings is 4. The van der Waals surface area contributed by atoms with Crippen molar-refractivity contribution < 1.29 is 27.4 Å². The Morgan fingerprint density at radius 3 is 2.14 bits per heavy atom. The van der Waals surface area contributed by atoms with Crippen LogP contribution in [0.25, 0.3) is 28.3 Å². The Kier molecular flexibility index (Phi) is 5.97. The van der Waals surface area contributed by atoms with Gasteiger partial charge in [0.2, 0.25) is 0 Å².